The highest BCUT2D eigenvalue weighted by Gasteiger charge is 2.22. The first kappa shape index (κ1) is 13.8. The molecule has 2 rings (SSSR count). The average Bonchev–Trinajstić information content (AvgIpc) is 2.40. The molecule has 1 aromatic rings. The van der Waals surface area contributed by atoms with Gasteiger partial charge < -0.3 is 10.6 Å². The zero-order valence-electron chi connectivity index (χ0n) is 11.3. The van der Waals surface area contributed by atoms with Gasteiger partial charge in [0.15, 0.2) is 0 Å². The van der Waals surface area contributed by atoms with Crippen LogP contribution in [0.2, 0.25) is 0 Å². The van der Waals surface area contributed by atoms with Gasteiger partial charge in [0.25, 0.3) is 0 Å². The predicted molar refractivity (Wildman–Crippen MR) is 73.2 cm³/mol. The summed E-state index contributed by atoms with van der Waals surface area (Å²) < 4.78 is 13.4. The Morgan fingerprint density at radius 3 is 2.79 bits per heavy atom. The fourth-order valence-electron chi connectivity index (χ4n) is 2.57. The van der Waals surface area contributed by atoms with Crippen LogP contribution in [0.15, 0.2) is 24.3 Å². The second-order valence-corrected chi connectivity index (χ2v) is 5.29. The molecule has 0 heterocycles. The molecule has 2 amide bonds. The maximum Gasteiger partial charge on any atom is 0.315 e. The zero-order chi connectivity index (χ0) is 13.7. The summed E-state index contributed by atoms with van der Waals surface area (Å²) in [7, 11) is 0. The Bertz CT molecular complexity index is 436. The van der Waals surface area contributed by atoms with Gasteiger partial charge in [-0.2, -0.15) is 0 Å². The van der Waals surface area contributed by atoms with Gasteiger partial charge in [0.05, 0.1) is 0 Å². The van der Waals surface area contributed by atoms with Crippen molar-refractivity contribution in [2.45, 2.75) is 45.2 Å². The van der Waals surface area contributed by atoms with E-state index in [-0.39, 0.29) is 24.4 Å². The predicted octanol–water partition coefficient (Wildman–Crippen LogP) is 3.20. The highest BCUT2D eigenvalue weighted by molar-refractivity contribution is 5.74. The lowest BCUT2D eigenvalue weighted by Gasteiger charge is -2.29. The van der Waals surface area contributed by atoms with Crippen LogP contribution in [-0.2, 0) is 6.54 Å². The Labute approximate surface area is 113 Å². The molecule has 3 nitrogen and oxygen atoms in total. The second kappa shape index (κ2) is 6.55. The molecule has 0 aromatic heterocycles. The third kappa shape index (κ3) is 3.94. The number of carbonyl (C=O) groups is 1. The molecule has 2 N–H and O–H groups in total. The Balaban J connectivity index is 1.80. The Hall–Kier alpha value is -1.58. The summed E-state index contributed by atoms with van der Waals surface area (Å²) >= 11 is 0. The highest BCUT2D eigenvalue weighted by Crippen LogP contribution is 2.23. The van der Waals surface area contributed by atoms with Gasteiger partial charge in [0.2, 0.25) is 0 Å². The Morgan fingerprint density at radius 2 is 2.05 bits per heavy atom. The minimum absolute atomic E-state index is 0.206. The molecule has 0 radical (unpaired) electrons. The van der Waals surface area contributed by atoms with Crippen molar-refractivity contribution in [2.75, 3.05) is 0 Å². The summed E-state index contributed by atoms with van der Waals surface area (Å²) in [5.41, 5.74) is 0.509. The largest absolute Gasteiger partial charge is 0.335 e. The number of nitrogens with one attached hydrogen (secondary N) is 2. The SMILES string of the molecule is C[C@@H]1CCCC[C@H]1NC(=O)NCc1ccccc1F. The molecule has 1 aromatic carbocycles. The van der Waals surface area contributed by atoms with E-state index < -0.39 is 0 Å². The Morgan fingerprint density at radius 1 is 1.32 bits per heavy atom. The van der Waals surface area contributed by atoms with Gasteiger partial charge in [-0.1, -0.05) is 38.0 Å². The van der Waals surface area contributed by atoms with Gasteiger partial charge in [-0.3, -0.25) is 0 Å². The minimum Gasteiger partial charge on any atom is -0.335 e. The number of hydrogen-bond acceptors (Lipinski definition) is 1. The van der Waals surface area contributed by atoms with Crippen molar-refractivity contribution in [3.63, 3.8) is 0 Å². The molecular weight excluding hydrogens is 243 g/mol. The van der Waals surface area contributed by atoms with Gasteiger partial charge in [-0.25, -0.2) is 9.18 Å². The number of rotatable bonds is 3. The van der Waals surface area contributed by atoms with Crippen LogP contribution in [0.4, 0.5) is 9.18 Å². The van der Waals surface area contributed by atoms with Crippen molar-refractivity contribution in [1.29, 1.82) is 0 Å². The van der Waals surface area contributed by atoms with Crippen molar-refractivity contribution in [1.82, 2.24) is 10.6 Å². The molecule has 19 heavy (non-hydrogen) atoms. The number of benzene rings is 1. The number of halogens is 1. The van der Waals surface area contributed by atoms with Crippen molar-refractivity contribution >= 4 is 6.03 Å². The van der Waals surface area contributed by atoms with Crippen LogP contribution < -0.4 is 10.6 Å². The smallest absolute Gasteiger partial charge is 0.315 e. The molecule has 1 saturated carbocycles. The van der Waals surface area contributed by atoms with Crippen molar-refractivity contribution in [3.8, 4) is 0 Å². The number of hydrogen-bond donors (Lipinski definition) is 2. The summed E-state index contributed by atoms with van der Waals surface area (Å²) in [4.78, 5) is 11.8. The summed E-state index contributed by atoms with van der Waals surface area (Å²) in [6.07, 6.45) is 4.62. The lowest BCUT2D eigenvalue weighted by molar-refractivity contribution is 0.221. The summed E-state index contributed by atoms with van der Waals surface area (Å²) in [5, 5.41) is 5.70. The monoisotopic (exact) mass is 264 g/mol. The van der Waals surface area contributed by atoms with Gasteiger partial charge in [0.1, 0.15) is 5.82 Å². The number of urea groups is 1. The second-order valence-electron chi connectivity index (χ2n) is 5.29. The lowest BCUT2D eigenvalue weighted by atomic mass is 9.86. The van der Waals surface area contributed by atoms with Crippen molar-refractivity contribution in [2.24, 2.45) is 5.92 Å². The topological polar surface area (TPSA) is 41.1 Å². The first-order valence-corrected chi connectivity index (χ1v) is 6.94. The minimum atomic E-state index is -0.283. The van der Waals surface area contributed by atoms with E-state index in [2.05, 4.69) is 17.6 Å². The van der Waals surface area contributed by atoms with E-state index in [1.165, 1.54) is 18.9 Å². The van der Waals surface area contributed by atoms with Crippen LogP contribution in [0.1, 0.15) is 38.2 Å². The van der Waals surface area contributed by atoms with Gasteiger partial charge >= 0.3 is 6.03 Å². The Kier molecular flexibility index (Phi) is 4.77. The molecule has 104 valence electrons. The summed E-state index contributed by atoms with van der Waals surface area (Å²) in [6.45, 7) is 2.39. The fraction of sp³-hybridized carbons (Fsp3) is 0.533. The van der Waals surface area contributed by atoms with E-state index >= 15 is 0 Å². The normalized spacial score (nSPS) is 22.8. The van der Waals surface area contributed by atoms with E-state index in [9.17, 15) is 9.18 Å². The van der Waals surface area contributed by atoms with Crippen LogP contribution >= 0.6 is 0 Å². The van der Waals surface area contributed by atoms with Crippen LogP contribution in [0.5, 0.6) is 0 Å². The first-order chi connectivity index (χ1) is 9.16. The third-order valence-corrected chi connectivity index (χ3v) is 3.83. The fourth-order valence-corrected chi connectivity index (χ4v) is 2.57. The number of amides is 2. The molecule has 2 atom stereocenters. The van der Waals surface area contributed by atoms with E-state index in [4.69, 9.17) is 0 Å². The third-order valence-electron chi connectivity index (χ3n) is 3.83. The standard InChI is InChI=1S/C15H21FN2O/c1-11-6-2-5-9-14(11)18-15(19)17-10-12-7-3-4-8-13(12)16/h3-4,7-8,11,14H,2,5-6,9-10H2,1H3,(H2,17,18,19)/t11-,14-/m1/s1. The van der Waals surface area contributed by atoms with E-state index in [0.717, 1.165) is 12.8 Å². The average molecular weight is 264 g/mol. The highest BCUT2D eigenvalue weighted by atomic mass is 19.1. The number of carbonyl (C=O) groups excluding carboxylic acids is 1. The zero-order valence-corrected chi connectivity index (χ0v) is 11.3. The molecule has 0 bridgehead atoms. The molecule has 0 saturated heterocycles. The molecule has 0 spiro atoms. The maximum atomic E-state index is 13.4. The molecule has 1 aliphatic carbocycles. The molecule has 1 fully saturated rings. The quantitative estimate of drug-likeness (QED) is 0.864. The summed E-state index contributed by atoms with van der Waals surface area (Å²) in [5.74, 6) is 0.238. The first-order valence-electron chi connectivity index (χ1n) is 6.94. The lowest BCUT2D eigenvalue weighted by Crippen LogP contribution is -2.45. The van der Waals surface area contributed by atoms with Crippen molar-refractivity contribution in [3.05, 3.63) is 35.6 Å². The van der Waals surface area contributed by atoms with Crippen LogP contribution in [-0.4, -0.2) is 12.1 Å². The van der Waals surface area contributed by atoms with Crippen molar-refractivity contribution < 1.29 is 9.18 Å². The maximum absolute atomic E-state index is 13.4. The van der Waals surface area contributed by atoms with Crippen LogP contribution in [0.25, 0.3) is 0 Å². The van der Waals surface area contributed by atoms with Crippen LogP contribution in [0, 0.1) is 11.7 Å². The molecule has 1 aliphatic rings. The molecular formula is C15H21FN2O. The molecule has 4 heteroatoms. The van der Waals surface area contributed by atoms with Crippen LogP contribution in [0.3, 0.4) is 0 Å². The molecule has 0 aliphatic heterocycles. The summed E-state index contributed by atoms with van der Waals surface area (Å²) in [6, 6.07) is 6.53. The van der Waals surface area contributed by atoms with E-state index in [0.29, 0.717) is 11.5 Å². The van der Waals surface area contributed by atoms with Gasteiger partial charge in [-0.05, 0) is 24.8 Å². The van der Waals surface area contributed by atoms with Gasteiger partial charge in [0, 0.05) is 18.2 Å². The van der Waals surface area contributed by atoms with E-state index in [1.54, 1.807) is 18.2 Å². The van der Waals surface area contributed by atoms with E-state index in [1.807, 2.05) is 0 Å². The molecule has 0 unspecified atom stereocenters. The van der Waals surface area contributed by atoms with Gasteiger partial charge in [-0.15, -0.1) is 0 Å².